The zero-order valence-corrected chi connectivity index (χ0v) is 19.5. The van der Waals surface area contributed by atoms with Gasteiger partial charge in [-0.2, -0.15) is 0 Å². The van der Waals surface area contributed by atoms with E-state index in [9.17, 15) is 20.1 Å². The summed E-state index contributed by atoms with van der Waals surface area (Å²) in [6, 6.07) is 17.8. The Balaban J connectivity index is 1.43. The van der Waals surface area contributed by atoms with Gasteiger partial charge >= 0.3 is 5.97 Å². The second kappa shape index (κ2) is 12.8. The minimum absolute atomic E-state index is 0.372. The number of rotatable bonds is 12. The van der Waals surface area contributed by atoms with Gasteiger partial charge in [0.2, 0.25) is 6.29 Å². The predicted octanol–water partition coefficient (Wildman–Crippen LogP) is 1.84. The largest absolute Gasteiger partial charge is 0.479 e. The van der Waals surface area contributed by atoms with Crippen LogP contribution in [0.1, 0.15) is 30.9 Å². The zero-order valence-electron chi connectivity index (χ0n) is 19.5. The third kappa shape index (κ3) is 7.25. The molecule has 4 N–H and O–H groups in total. The van der Waals surface area contributed by atoms with Crippen LogP contribution < -0.4 is 4.74 Å². The van der Waals surface area contributed by atoms with E-state index in [4.69, 9.17) is 14.6 Å². The molecule has 2 aromatic rings. The van der Waals surface area contributed by atoms with Crippen molar-refractivity contribution in [3.05, 3.63) is 65.7 Å². The van der Waals surface area contributed by atoms with Crippen molar-refractivity contribution in [1.29, 1.82) is 0 Å². The van der Waals surface area contributed by atoms with Crippen molar-refractivity contribution in [2.24, 2.45) is 0 Å². The highest BCUT2D eigenvalue weighted by Gasteiger charge is 2.48. The number of aryl methyl sites for hydroxylation is 2. The number of aliphatic hydroxyl groups is 3. The maximum atomic E-state index is 11.2. The van der Waals surface area contributed by atoms with Gasteiger partial charge in [0.25, 0.3) is 0 Å². The minimum Gasteiger partial charge on any atom is -0.479 e. The highest BCUT2D eigenvalue weighted by Crippen LogP contribution is 2.25. The van der Waals surface area contributed by atoms with Crippen molar-refractivity contribution >= 4 is 5.97 Å². The highest BCUT2D eigenvalue weighted by atomic mass is 16.7. The standard InChI is InChI=1S/C26H35NO7/c1-2-27(16-6-10-18-8-4-3-5-9-18)17-7-11-19-12-14-20(15-13-19)33-26-23(30)21(28)22(29)24(34-26)25(31)32/h3-5,8-9,12-15,21-24,26,28-30H,2,6-7,10-11,16-17H2,1H3,(H,31,32)/t21-,22-,23+,24-,26+/m0/s1. The van der Waals surface area contributed by atoms with E-state index in [0.717, 1.165) is 50.9 Å². The number of hydrogen-bond donors (Lipinski definition) is 4. The highest BCUT2D eigenvalue weighted by molar-refractivity contribution is 5.73. The first-order chi connectivity index (χ1) is 16.4. The summed E-state index contributed by atoms with van der Waals surface area (Å²) in [5, 5.41) is 38.9. The molecule has 5 atom stereocenters. The fourth-order valence-electron chi connectivity index (χ4n) is 4.10. The maximum Gasteiger partial charge on any atom is 0.335 e. The van der Waals surface area contributed by atoms with Crippen molar-refractivity contribution in [1.82, 2.24) is 4.90 Å². The number of aliphatic carboxylic acids is 1. The van der Waals surface area contributed by atoms with E-state index >= 15 is 0 Å². The first kappa shape index (κ1) is 26.1. The molecular weight excluding hydrogens is 438 g/mol. The smallest absolute Gasteiger partial charge is 0.335 e. The first-order valence-corrected chi connectivity index (χ1v) is 11.8. The first-order valence-electron chi connectivity index (χ1n) is 11.8. The van der Waals surface area contributed by atoms with Crippen molar-refractivity contribution in [2.75, 3.05) is 19.6 Å². The van der Waals surface area contributed by atoms with Gasteiger partial charge in [-0.1, -0.05) is 49.4 Å². The lowest BCUT2D eigenvalue weighted by Crippen LogP contribution is -2.61. The maximum absolute atomic E-state index is 11.2. The third-order valence-corrected chi connectivity index (χ3v) is 6.16. The van der Waals surface area contributed by atoms with E-state index in [1.807, 2.05) is 18.2 Å². The second-order valence-electron chi connectivity index (χ2n) is 8.62. The summed E-state index contributed by atoms with van der Waals surface area (Å²) in [7, 11) is 0. The van der Waals surface area contributed by atoms with E-state index in [1.54, 1.807) is 12.1 Å². The van der Waals surface area contributed by atoms with Crippen LogP contribution in [0.5, 0.6) is 5.75 Å². The molecule has 3 rings (SSSR count). The second-order valence-corrected chi connectivity index (χ2v) is 8.62. The van der Waals surface area contributed by atoms with Crippen LogP contribution in [0, 0.1) is 0 Å². The Hall–Kier alpha value is -2.49. The van der Waals surface area contributed by atoms with E-state index in [0.29, 0.717) is 5.75 Å². The molecule has 1 aliphatic heterocycles. The predicted molar refractivity (Wildman–Crippen MR) is 127 cm³/mol. The number of carbonyl (C=O) groups is 1. The van der Waals surface area contributed by atoms with Crippen LogP contribution in [0.4, 0.5) is 0 Å². The number of hydrogen-bond acceptors (Lipinski definition) is 7. The van der Waals surface area contributed by atoms with E-state index in [-0.39, 0.29) is 0 Å². The average molecular weight is 474 g/mol. The summed E-state index contributed by atoms with van der Waals surface area (Å²) in [6.07, 6.45) is -3.94. The Bertz CT molecular complexity index is 876. The normalized spacial score (nSPS) is 24.8. The van der Waals surface area contributed by atoms with E-state index in [2.05, 4.69) is 36.1 Å². The average Bonchev–Trinajstić information content (AvgIpc) is 2.84. The van der Waals surface area contributed by atoms with Crippen LogP contribution in [-0.2, 0) is 22.4 Å². The topological polar surface area (TPSA) is 120 Å². The summed E-state index contributed by atoms with van der Waals surface area (Å²) in [6.45, 7) is 5.28. The van der Waals surface area contributed by atoms with Gasteiger partial charge in [-0.05, 0) is 68.6 Å². The summed E-state index contributed by atoms with van der Waals surface area (Å²) in [5.41, 5.74) is 2.51. The van der Waals surface area contributed by atoms with E-state index in [1.165, 1.54) is 5.56 Å². The molecule has 0 aromatic heterocycles. The Kier molecular flexibility index (Phi) is 9.86. The molecule has 0 spiro atoms. The zero-order chi connectivity index (χ0) is 24.5. The van der Waals surface area contributed by atoms with Gasteiger partial charge in [0.05, 0.1) is 0 Å². The molecule has 1 saturated heterocycles. The minimum atomic E-state index is -1.74. The number of carboxylic acid groups (broad SMARTS) is 1. The Morgan fingerprint density at radius 1 is 0.882 bits per heavy atom. The summed E-state index contributed by atoms with van der Waals surface area (Å²) in [5.74, 6) is -1.07. The lowest BCUT2D eigenvalue weighted by molar-refractivity contribution is -0.271. The van der Waals surface area contributed by atoms with Gasteiger partial charge in [-0.25, -0.2) is 4.79 Å². The molecular formula is C26H35NO7. The fraction of sp³-hybridized carbons (Fsp3) is 0.500. The van der Waals surface area contributed by atoms with Crippen molar-refractivity contribution in [3.63, 3.8) is 0 Å². The molecule has 1 fully saturated rings. The number of benzene rings is 2. The quantitative estimate of drug-likeness (QED) is 0.369. The van der Waals surface area contributed by atoms with Crippen LogP contribution in [0.3, 0.4) is 0 Å². The van der Waals surface area contributed by atoms with Gasteiger partial charge in [-0.3, -0.25) is 0 Å². The molecule has 1 heterocycles. The van der Waals surface area contributed by atoms with Gasteiger partial charge in [-0.15, -0.1) is 0 Å². The summed E-state index contributed by atoms with van der Waals surface area (Å²) >= 11 is 0. The van der Waals surface area contributed by atoms with Gasteiger partial charge in [0.15, 0.2) is 6.10 Å². The monoisotopic (exact) mass is 473 g/mol. The molecule has 8 heteroatoms. The number of nitrogens with zero attached hydrogens (tertiary/aromatic N) is 1. The number of aliphatic hydroxyl groups excluding tert-OH is 3. The van der Waals surface area contributed by atoms with Gasteiger partial charge < -0.3 is 34.8 Å². The fourth-order valence-corrected chi connectivity index (χ4v) is 4.10. The molecule has 0 saturated carbocycles. The van der Waals surface area contributed by atoms with E-state index < -0.39 is 36.7 Å². The third-order valence-electron chi connectivity index (χ3n) is 6.16. The van der Waals surface area contributed by atoms with Crippen LogP contribution in [-0.4, -0.2) is 81.6 Å². The Morgan fingerprint density at radius 3 is 2.03 bits per heavy atom. The molecule has 1 aliphatic rings. The van der Waals surface area contributed by atoms with Gasteiger partial charge in [0, 0.05) is 0 Å². The molecule has 0 aliphatic carbocycles. The van der Waals surface area contributed by atoms with Crippen molar-refractivity contribution in [3.8, 4) is 5.75 Å². The molecule has 0 bridgehead atoms. The van der Waals surface area contributed by atoms with Crippen LogP contribution in [0.15, 0.2) is 54.6 Å². The van der Waals surface area contributed by atoms with Gasteiger partial charge in [0.1, 0.15) is 24.1 Å². The molecule has 8 nitrogen and oxygen atoms in total. The van der Waals surface area contributed by atoms with Crippen LogP contribution in [0.2, 0.25) is 0 Å². The molecule has 34 heavy (non-hydrogen) atoms. The lowest BCUT2D eigenvalue weighted by atomic mass is 9.99. The lowest BCUT2D eigenvalue weighted by Gasteiger charge is -2.38. The molecule has 0 amide bonds. The number of ether oxygens (including phenoxy) is 2. The molecule has 2 aromatic carbocycles. The van der Waals surface area contributed by atoms with Crippen LogP contribution >= 0.6 is 0 Å². The van der Waals surface area contributed by atoms with Crippen molar-refractivity contribution < 1.29 is 34.7 Å². The Morgan fingerprint density at radius 2 is 1.47 bits per heavy atom. The number of carboxylic acids is 1. The molecule has 0 radical (unpaired) electrons. The summed E-state index contributed by atoms with van der Waals surface area (Å²) in [4.78, 5) is 13.7. The molecule has 0 unspecified atom stereocenters. The van der Waals surface area contributed by atoms with Crippen LogP contribution in [0.25, 0.3) is 0 Å². The Labute approximate surface area is 200 Å². The molecule has 186 valence electrons. The SMILES string of the molecule is CCN(CCCc1ccccc1)CCCc1ccc(O[C@@H]2O[C@H](C(=O)O)[C@@H](O)[C@H](O)[C@H]2O)cc1. The van der Waals surface area contributed by atoms with Crippen molar-refractivity contribution in [2.45, 2.75) is 63.3 Å². The summed E-state index contributed by atoms with van der Waals surface area (Å²) < 4.78 is 10.7.